The molecule has 76 valence electrons. The quantitative estimate of drug-likeness (QED) is 0.761. The standard InChI is InChI=1S/C12H17NO/c1-13-6-5-11-7-9-3-2-4-10(9)8-12(11)14/h7-8,13-14H,2-6H2,1H3. The summed E-state index contributed by atoms with van der Waals surface area (Å²) in [6.45, 7) is 0.923. The van der Waals surface area contributed by atoms with Gasteiger partial charge in [-0.1, -0.05) is 6.07 Å². The van der Waals surface area contributed by atoms with Gasteiger partial charge in [0.1, 0.15) is 5.75 Å². The Kier molecular flexibility index (Phi) is 2.73. The van der Waals surface area contributed by atoms with Gasteiger partial charge in [-0.3, -0.25) is 0 Å². The van der Waals surface area contributed by atoms with Gasteiger partial charge in [0, 0.05) is 0 Å². The number of nitrogens with one attached hydrogen (secondary N) is 1. The molecule has 0 bridgehead atoms. The lowest BCUT2D eigenvalue weighted by molar-refractivity contribution is 0.466. The maximum Gasteiger partial charge on any atom is 0.119 e. The van der Waals surface area contributed by atoms with Crippen LogP contribution in [-0.4, -0.2) is 18.7 Å². The zero-order valence-corrected chi connectivity index (χ0v) is 8.64. The number of benzene rings is 1. The molecule has 2 N–H and O–H groups in total. The fraction of sp³-hybridized carbons (Fsp3) is 0.500. The highest BCUT2D eigenvalue weighted by Crippen LogP contribution is 2.29. The first-order valence-corrected chi connectivity index (χ1v) is 5.29. The predicted octanol–water partition coefficient (Wildman–Crippen LogP) is 1.64. The smallest absolute Gasteiger partial charge is 0.119 e. The van der Waals surface area contributed by atoms with Gasteiger partial charge in [-0.05, 0) is 62.0 Å². The third kappa shape index (κ3) is 1.75. The molecule has 0 amide bonds. The molecule has 0 saturated heterocycles. The van der Waals surface area contributed by atoms with Gasteiger partial charge >= 0.3 is 0 Å². The lowest BCUT2D eigenvalue weighted by atomic mass is 10.0. The molecule has 0 saturated carbocycles. The number of phenols is 1. The van der Waals surface area contributed by atoms with Crippen LogP contribution < -0.4 is 5.32 Å². The van der Waals surface area contributed by atoms with Crippen molar-refractivity contribution in [1.29, 1.82) is 0 Å². The van der Waals surface area contributed by atoms with Gasteiger partial charge in [0.2, 0.25) is 0 Å². The molecular formula is C12H17NO. The highest BCUT2D eigenvalue weighted by atomic mass is 16.3. The molecule has 14 heavy (non-hydrogen) atoms. The number of likely N-dealkylation sites (N-methyl/N-ethyl adjacent to an activating group) is 1. The van der Waals surface area contributed by atoms with Crippen LogP contribution in [-0.2, 0) is 19.3 Å². The van der Waals surface area contributed by atoms with E-state index in [9.17, 15) is 5.11 Å². The summed E-state index contributed by atoms with van der Waals surface area (Å²) in [5.74, 6) is 0.473. The summed E-state index contributed by atoms with van der Waals surface area (Å²) in [5, 5.41) is 12.9. The van der Waals surface area contributed by atoms with Crippen molar-refractivity contribution in [2.75, 3.05) is 13.6 Å². The Labute approximate surface area is 85.0 Å². The van der Waals surface area contributed by atoms with E-state index in [1.54, 1.807) is 0 Å². The Morgan fingerprint density at radius 2 is 2.00 bits per heavy atom. The summed E-state index contributed by atoms with van der Waals surface area (Å²) in [4.78, 5) is 0. The first-order valence-electron chi connectivity index (χ1n) is 5.29. The predicted molar refractivity (Wildman–Crippen MR) is 57.8 cm³/mol. The SMILES string of the molecule is CNCCc1cc2c(cc1O)CCC2. The van der Waals surface area contributed by atoms with Gasteiger partial charge in [-0.2, -0.15) is 0 Å². The fourth-order valence-electron chi connectivity index (χ4n) is 2.12. The third-order valence-electron chi connectivity index (χ3n) is 2.94. The van der Waals surface area contributed by atoms with Crippen molar-refractivity contribution >= 4 is 0 Å². The molecule has 0 atom stereocenters. The second kappa shape index (κ2) is 4.01. The Morgan fingerprint density at radius 3 is 2.71 bits per heavy atom. The largest absolute Gasteiger partial charge is 0.508 e. The van der Waals surface area contributed by atoms with Crippen LogP contribution in [0.4, 0.5) is 0 Å². The lowest BCUT2D eigenvalue weighted by Gasteiger charge is -2.07. The molecule has 1 aromatic rings. The number of aryl methyl sites for hydroxylation is 2. The minimum absolute atomic E-state index is 0.473. The maximum absolute atomic E-state index is 9.77. The van der Waals surface area contributed by atoms with Crippen LogP contribution in [0.3, 0.4) is 0 Å². The van der Waals surface area contributed by atoms with E-state index in [1.165, 1.54) is 24.0 Å². The number of fused-ring (bicyclic) bond motifs is 1. The number of hydrogen-bond acceptors (Lipinski definition) is 2. The fourth-order valence-corrected chi connectivity index (χ4v) is 2.12. The maximum atomic E-state index is 9.77. The molecule has 0 unspecified atom stereocenters. The van der Waals surface area contributed by atoms with Crippen molar-refractivity contribution in [2.45, 2.75) is 25.7 Å². The van der Waals surface area contributed by atoms with Crippen LogP contribution in [0.2, 0.25) is 0 Å². The van der Waals surface area contributed by atoms with Crippen molar-refractivity contribution in [3.63, 3.8) is 0 Å². The zero-order chi connectivity index (χ0) is 9.97. The molecule has 0 heterocycles. The average molecular weight is 191 g/mol. The molecule has 2 heteroatoms. The average Bonchev–Trinajstić information content (AvgIpc) is 2.61. The first-order chi connectivity index (χ1) is 6.81. The number of rotatable bonds is 3. The van der Waals surface area contributed by atoms with Gasteiger partial charge in [0.15, 0.2) is 0 Å². The van der Waals surface area contributed by atoms with Crippen molar-refractivity contribution in [3.8, 4) is 5.75 Å². The minimum atomic E-state index is 0.473. The Hall–Kier alpha value is -1.02. The van der Waals surface area contributed by atoms with E-state index in [1.807, 2.05) is 13.1 Å². The molecule has 0 aromatic heterocycles. The van der Waals surface area contributed by atoms with Crippen LogP contribution in [0.1, 0.15) is 23.1 Å². The number of aromatic hydroxyl groups is 1. The topological polar surface area (TPSA) is 32.3 Å². The van der Waals surface area contributed by atoms with Gasteiger partial charge in [-0.15, -0.1) is 0 Å². The molecule has 2 nitrogen and oxygen atoms in total. The highest BCUT2D eigenvalue weighted by molar-refractivity contribution is 5.44. The molecule has 2 rings (SSSR count). The summed E-state index contributed by atoms with van der Waals surface area (Å²) < 4.78 is 0. The summed E-state index contributed by atoms with van der Waals surface area (Å²) in [7, 11) is 1.93. The van der Waals surface area contributed by atoms with E-state index in [4.69, 9.17) is 0 Å². The van der Waals surface area contributed by atoms with E-state index in [0.29, 0.717) is 5.75 Å². The first kappa shape index (κ1) is 9.53. The Bertz CT molecular complexity index is 333. The molecule has 1 aliphatic rings. The summed E-state index contributed by atoms with van der Waals surface area (Å²) in [5.41, 5.74) is 3.87. The molecule has 1 aromatic carbocycles. The summed E-state index contributed by atoms with van der Waals surface area (Å²) >= 11 is 0. The Balaban J connectivity index is 2.23. The summed E-state index contributed by atoms with van der Waals surface area (Å²) in [6, 6.07) is 4.13. The van der Waals surface area contributed by atoms with Crippen molar-refractivity contribution < 1.29 is 5.11 Å². The zero-order valence-electron chi connectivity index (χ0n) is 8.64. The minimum Gasteiger partial charge on any atom is -0.508 e. The van der Waals surface area contributed by atoms with Crippen LogP contribution in [0.25, 0.3) is 0 Å². The van der Waals surface area contributed by atoms with Crippen molar-refractivity contribution in [3.05, 3.63) is 28.8 Å². The van der Waals surface area contributed by atoms with Crippen molar-refractivity contribution in [2.24, 2.45) is 0 Å². The molecule has 0 fully saturated rings. The van der Waals surface area contributed by atoms with Crippen molar-refractivity contribution in [1.82, 2.24) is 5.32 Å². The van der Waals surface area contributed by atoms with Gasteiger partial charge < -0.3 is 10.4 Å². The third-order valence-corrected chi connectivity index (χ3v) is 2.94. The van der Waals surface area contributed by atoms with Gasteiger partial charge in [-0.25, -0.2) is 0 Å². The molecular weight excluding hydrogens is 174 g/mol. The van der Waals surface area contributed by atoms with Crippen LogP contribution in [0.5, 0.6) is 5.75 Å². The molecule has 0 radical (unpaired) electrons. The van der Waals surface area contributed by atoms with Crippen LogP contribution >= 0.6 is 0 Å². The molecule has 0 aliphatic heterocycles. The van der Waals surface area contributed by atoms with E-state index in [-0.39, 0.29) is 0 Å². The second-order valence-electron chi connectivity index (χ2n) is 3.96. The van der Waals surface area contributed by atoms with Crippen LogP contribution in [0.15, 0.2) is 12.1 Å². The van der Waals surface area contributed by atoms with E-state index < -0.39 is 0 Å². The second-order valence-corrected chi connectivity index (χ2v) is 3.96. The normalized spacial score (nSPS) is 14.4. The van der Waals surface area contributed by atoms with E-state index >= 15 is 0 Å². The molecule has 0 spiro atoms. The van der Waals surface area contributed by atoms with Crippen LogP contribution in [0, 0.1) is 0 Å². The van der Waals surface area contributed by atoms with Gasteiger partial charge in [0.25, 0.3) is 0 Å². The highest BCUT2D eigenvalue weighted by Gasteiger charge is 2.13. The summed E-state index contributed by atoms with van der Waals surface area (Å²) in [6.07, 6.45) is 4.47. The number of phenolic OH excluding ortho intramolecular Hbond substituents is 1. The molecule has 1 aliphatic carbocycles. The van der Waals surface area contributed by atoms with E-state index in [2.05, 4.69) is 11.4 Å². The lowest BCUT2D eigenvalue weighted by Crippen LogP contribution is -2.10. The monoisotopic (exact) mass is 191 g/mol. The number of hydrogen-bond donors (Lipinski definition) is 2. The van der Waals surface area contributed by atoms with E-state index in [0.717, 1.165) is 24.9 Å². The Morgan fingerprint density at radius 1 is 1.29 bits per heavy atom. The van der Waals surface area contributed by atoms with Gasteiger partial charge in [0.05, 0.1) is 0 Å².